The van der Waals surface area contributed by atoms with E-state index in [-0.39, 0.29) is 11.9 Å². The minimum absolute atomic E-state index is 0.0153. The Morgan fingerprint density at radius 1 is 1.14 bits per heavy atom. The van der Waals surface area contributed by atoms with E-state index in [1.807, 2.05) is 61.0 Å². The third kappa shape index (κ3) is 4.65. The minimum atomic E-state index is 0.0153. The number of hydrogen-bond acceptors (Lipinski definition) is 5. The maximum Gasteiger partial charge on any atom is 0.233 e. The van der Waals surface area contributed by atoms with Crippen molar-refractivity contribution < 1.29 is 9.21 Å². The van der Waals surface area contributed by atoms with E-state index in [9.17, 15) is 4.79 Å². The van der Waals surface area contributed by atoms with Crippen molar-refractivity contribution in [3.8, 4) is 11.6 Å². The van der Waals surface area contributed by atoms with E-state index in [4.69, 9.17) is 4.42 Å². The molecular weight excluding hydrogens is 372 g/mol. The largest absolute Gasteiger partial charge is 0.461 e. The molecule has 0 fully saturated rings. The van der Waals surface area contributed by atoms with Crippen molar-refractivity contribution >= 4 is 17.7 Å². The number of thioether (sulfide) groups is 1. The van der Waals surface area contributed by atoms with Crippen LogP contribution in [0.3, 0.4) is 0 Å². The Hall–Kier alpha value is -2.54. The third-order valence-corrected chi connectivity index (χ3v) is 5.54. The van der Waals surface area contributed by atoms with Gasteiger partial charge >= 0.3 is 0 Å². The number of carbonyl (C=O) groups excluding carboxylic acids is 1. The fourth-order valence-electron chi connectivity index (χ4n) is 2.91. The lowest BCUT2D eigenvalue weighted by Gasteiger charge is -2.25. The Kier molecular flexibility index (Phi) is 6.57. The molecule has 7 heteroatoms. The fourth-order valence-corrected chi connectivity index (χ4v) is 3.78. The summed E-state index contributed by atoms with van der Waals surface area (Å²) in [6, 6.07) is 13.8. The van der Waals surface area contributed by atoms with Gasteiger partial charge in [0.05, 0.1) is 18.1 Å². The smallest absolute Gasteiger partial charge is 0.233 e. The van der Waals surface area contributed by atoms with Crippen LogP contribution in [0.1, 0.15) is 32.4 Å². The van der Waals surface area contributed by atoms with Gasteiger partial charge in [-0.15, -0.1) is 10.2 Å². The van der Waals surface area contributed by atoms with Crippen molar-refractivity contribution in [1.82, 2.24) is 19.7 Å². The maximum absolute atomic E-state index is 12.7. The van der Waals surface area contributed by atoms with Gasteiger partial charge in [0.25, 0.3) is 0 Å². The van der Waals surface area contributed by atoms with Crippen LogP contribution in [0.5, 0.6) is 0 Å². The third-order valence-electron chi connectivity index (χ3n) is 4.59. The summed E-state index contributed by atoms with van der Waals surface area (Å²) in [4.78, 5) is 14.5. The van der Waals surface area contributed by atoms with E-state index in [0.29, 0.717) is 23.3 Å². The van der Waals surface area contributed by atoms with Crippen LogP contribution in [0.2, 0.25) is 0 Å². The van der Waals surface area contributed by atoms with Crippen LogP contribution in [0.4, 0.5) is 0 Å². The van der Waals surface area contributed by atoms with E-state index < -0.39 is 0 Å². The van der Waals surface area contributed by atoms with Crippen molar-refractivity contribution in [2.24, 2.45) is 5.92 Å². The molecule has 1 unspecified atom stereocenters. The zero-order chi connectivity index (χ0) is 20.1. The summed E-state index contributed by atoms with van der Waals surface area (Å²) >= 11 is 1.41. The van der Waals surface area contributed by atoms with Gasteiger partial charge in [-0.2, -0.15) is 0 Å². The Balaban J connectivity index is 1.70. The Morgan fingerprint density at radius 3 is 2.54 bits per heavy atom. The Morgan fingerprint density at radius 2 is 1.89 bits per heavy atom. The molecule has 0 aliphatic heterocycles. The number of benzene rings is 1. The SMILES string of the molecule is CC(C)Cn1c(SCC(=O)N(C)C(C)c2ccccc2)nnc1-c1ccco1. The molecule has 0 saturated carbocycles. The summed E-state index contributed by atoms with van der Waals surface area (Å²) in [7, 11) is 1.84. The van der Waals surface area contributed by atoms with Gasteiger partial charge in [-0.3, -0.25) is 9.36 Å². The van der Waals surface area contributed by atoms with Gasteiger partial charge in [0.15, 0.2) is 16.7 Å². The van der Waals surface area contributed by atoms with E-state index >= 15 is 0 Å². The number of nitrogens with zero attached hydrogens (tertiary/aromatic N) is 4. The first kappa shape index (κ1) is 20.2. The van der Waals surface area contributed by atoms with Crippen molar-refractivity contribution in [2.45, 2.75) is 38.5 Å². The summed E-state index contributed by atoms with van der Waals surface area (Å²) in [6.45, 7) is 7.08. The van der Waals surface area contributed by atoms with Gasteiger partial charge in [-0.25, -0.2) is 0 Å². The topological polar surface area (TPSA) is 64.2 Å². The molecule has 0 aliphatic rings. The van der Waals surface area contributed by atoms with Crippen molar-refractivity contribution in [2.75, 3.05) is 12.8 Å². The van der Waals surface area contributed by atoms with Crippen LogP contribution in [0.15, 0.2) is 58.3 Å². The van der Waals surface area contributed by atoms with Gasteiger partial charge in [0.2, 0.25) is 5.91 Å². The highest BCUT2D eigenvalue weighted by Gasteiger charge is 2.21. The van der Waals surface area contributed by atoms with Crippen molar-refractivity contribution in [3.63, 3.8) is 0 Å². The number of hydrogen-bond donors (Lipinski definition) is 0. The van der Waals surface area contributed by atoms with Crippen LogP contribution >= 0.6 is 11.8 Å². The molecule has 0 bridgehead atoms. The number of amides is 1. The summed E-state index contributed by atoms with van der Waals surface area (Å²) < 4.78 is 7.52. The lowest BCUT2D eigenvalue weighted by atomic mass is 10.1. The molecule has 3 aromatic rings. The number of furan rings is 1. The maximum atomic E-state index is 12.7. The predicted molar refractivity (Wildman–Crippen MR) is 111 cm³/mol. The van der Waals surface area contributed by atoms with E-state index in [0.717, 1.165) is 17.3 Å². The molecule has 1 amide bonds. The molecule has 0 saturated heterocycles. The highest BCUT2D eigenvalue weighted by molar-refractivity contribution is 7.99. The zero-order valence-corrected chi connectivity index (χ0v) is 17.5. The lowest BCUT2D eigenvalue weighted by molar-refractivity contribution is -0.128. The number of rotatable bonds is 8. The van der Waals surface area contributed by atoms with Crippen molar-refractivity contribution in [3.05, 3.63) is 54.3 Å². The Labute approximate surface area is 169 Å². The van der Waals surface area contributed by atoms with Gasteiger partial charge in [0, 0.05) is 13.6 Å². The Bertz CT molecular complexity index is 891. The molecule has 6 nitrogen and oxygen atoms in total. The number of carbonyl (C=O) groups is 1. The first-order valence-electron chi connectivity index (χ1n) is 9.37. The molecule has 1 atom stereocenters. The second kappa shape index (κ2) is 9.10. The molecule has 3 rings (SSSR count). The molecule has 0 aliphatic carbocycles. The molecular formula is C21H26N4O2S. The lowest BCUT2D eigenvalue weighted by Crippen LogP contribution is -2.31. The molecule has 0 spiro atoms. The van der Waals surface area contributed by atoms with Gasteiger partial charge in [-0.05, 0) is 30.5 Å². The van der Waals surface area contributed by atoms with Crippen LogP contribution in [-0.2, 0) is 11.3 Å². The fraction of sp³-hybridized carbons (Fsp3) is 0.381. The monoisotopic (exact) mass is 398 g/mol. The second-order valence-electron chi connectivity index (χ2n) is 7.17. The first-order valence-corrected chi connectivity index (χ1v) is 10.4. The number of aromatic nitrogens is 3. The minimum Gasteiger partial charge on any atom is -0.461 e. The molecule has 0 N–H and O–H groups in total. The van der Waals surface area contributed by atoms with E-state index in [2.05, 4.69) is 24.0 Å². The first-order chi connectivity index (χ1) is 13.5. The molecule has 1 aromatic carbocycles. The van der Waals surface area contributed by atoms with Crippen LogP contribution in [0.25, 0.3) is 11.6 Å². The molecule has 2 heterocycles. The summed E-state index contributed by atoms with van der Waals surface area (Å²) in [6.07, 6.45) is 1.62. The summed E-state index contributed by atoms with van der Waals surface area (Å²) in [5, 5.41) is 9.33. The van der Waals surface area contributed by atoms with E-state index in [1.54, 1.807) is 11.2 Å². The quantitative estimate of drug-likeness (QED) is 0.523. The molecule has 148 valence electrons. The second-order valence-corrected chi connectivity index (χ2v) is 8.11. The zero-order valence-electron chi connectivity index (χ0n) is 16.7. The standard InChI is InChI=1S/C21H26N4O2S/c1-15(2)13-25-20(18-11-8-12-27-18)22-23-21(25)28-14-19(26)24(4)16(3)17-9-6-5-7-10-17/h5-12,15-16H,13-14H2,1-4H3. The highest BCUT2D eigenvalue weighted by Crippen LogP contribution is 2.26. The van der Waals surface area contributed by atoms with Gasteiger partial charge in [-0.1, -0.05) is 55.9 Å². The molecule has 0 radical (unpaired) electrons. The average molecular weight is 399 g/mol. The highest BCUT2D eigenvalue weighted by atomic mass is 32.2. The summed E-state index contributed by atoms with van der Waals surface area (Å²) in [5.74, 6) is 2.16. The van der Waals surface area contributed by atoms with Crippen LogP contribution in [0, 0.1) is 5.92 Å². The van der Waals surface area contributed by atoms with Gasteiger partial charge < -0.3 is 9.32 Å². The average Bonchev–Trinajstić information content (AvgIpc) is 3.35. The molecule has 28 heavy (non-hydrogen) atoms. The predicted octanol–water partition coefficient (Wildman–Crippen LogP) is 4.51. The molecule has 2 aromatic heterocycles. The van der Waals surface area contributed by atoms with E-state index in [1.165, 1.54) is 11.8 Å². The van der Waals surface area contributed by atoms with Crippen LogP contribution < -0.4 is 0 Å². The normalized spacial score (nSPS) is 12.3. The van der Waals surface area contributed by atoms with Crippen LogP contribution in [-0.4, -0.2) is 38.4 Å². The van der Waals surface area contributed by atoms with Gasteiger partial charge in [0.1, 0.15) is 0 Å². The summed E-state index contributed by atoms with van der Waals surface area (Å²) in [5.41, 5.74) is 1.12. The van der Waals surface area contributed by atoms with Crippen molar-refractivity contribution in [1.29, 1.82) is 0 Å².